The summed E-state index contributed by atoms with van der Waals surface area (Å²) in [6, 6.07) is 9.98. The molecule has 2 fully saturated rings. The maximum Gasteiger partial charge on any atom is 0.222 e. The molecule has 0 bridgehead atoms. The van der Waals surface area contributed by atoms with Crippen LogP contribution in [-0.2, 0) is 16.8 Å². The van der Waals surface area contributed by atoms with Gasteiger partial charge >= 0.3 is 0 Å². The molecule has 1 aliphatic carbocycles. The van der Waals surface area contributed by atoms with Crippen LogP contribution >= 0.6 is 0 Å². The summed E-state index contributed by atoms with van der Waals surface area (Å²) >= 11 is 0. The second kappa shape index (κ2) is 7.12. The standard InChI is InChI=1S/C22H28N2O3/c1-15-19(16(2)27-23-15)10-11-21(25)24-13-17-7-6-12-22(26,20(17)14-24)18-8-4-3-5-9-18/h3-5,8-9,17,20,26H,6-7,10-14H2,1-2H3/t17-,20+,22+/m1/s1. The molecule has 5 heteroatoms. The van der Waals surface area contributed by atoms with Gasteiger partial charge in [-0.05, 0) is 51.0 Å². The third kappa shape index (κ3) is 3.29. The third-order valence-electron chi connectivity index (χ3n) is 6.58. The summed E-state index contributed by atoms with van der Waals surface area (Å²) in [5.74, 6) is 1.47. The quantitative estimate of drug-likeness (QED) is 0.898. The molecule has 5 nitrogen and oxygen atoms in total. The molecule has 1 amide bonds. The number of rotatable bonds is 4. The fourth-order valence-electron chi connectivity index (χ4n) is 5.06. The van der Waals surface area contributed by atoms with Crippen molar-refractivity contribution in [3.8, 4) is 0 Å². The van der Waals surface area contributed by atoms with Gasteiger partial charge in [0.05, 0.1) is 11.3 Å². The van der Waals surface area contributed by atoms with Crippen molar-refractivity contribution < 1.29 is 14.4 Å². The van der Waals surface area contributed by atoms with E-state index in [1.807, 2.05) is 49.1 Å². The molecule has 0 spiro atoms. The molecule has 1 aliphatic heterocycles. The summed E-state index contributed by atoms with van der Waals surface area (Å²) in [4.78, 5) is 14.8. The van der Waals surface area contributed by atoms with Gasteiger partial charge in [0.1, 0.15) is 5.76 Å². The van der Waals surface area contributed by atoms with Crippen LogP contribution in [-0.4, -0.2) is 34.2 Å². The molecule has 3 atom stereocenters. The first-order valence-corrected chi connectivity index (χ1v) is 9.96. The summed E-state index contributed by atoms with van der Waals surface area (Å²) in [7, 11) is 0. The van der Waals surface area contributed by atoms with E-state index in [4.69, 9.17) is 4.52 Å². The van der Waals surface area contributed by atoms with Crippen molar-refractivity contribution in [1.29, 1.82) is 0 Å². The highest BCUT2D eigenvalue weighted by molar-refractivity contribution is 5.77. The highest BCUT2D eigenvalue weighted by Gasteiger charge is 2.50. The van der Waals surface area contributed by atoms with Crippen molar-refractivity contribution in [1.82, 2.24) is 10.1 Å². The maximum absolute atomic E-state index is 12.8. The number of nitrogens with zero attached hydrogens (tertiary/aromatic N) is 2. The monoisotopic (exact) mass is 368 g/mol. The van der Waals surface area contributed by atoms with E-state index >= 15 is 0 Å². The van der Waals surface area contributed by atoms with Gasteiger partial charge in [-0.15, -0.1) is 0 Å². The number of carbonyl (C=O) groups excluding carboxylic acids is 1. The van der Waals surface area contributed by atoms with Crippen molar-refractivity contribution in [3.05, 3.63) is 52.9 Å². The Bertz CT molecular complexity index is 797. The Labute approximate surface area is 160 Å². The van der Waals surface area contributed by atoms with E-state index in [-0.39, 0.29) is 11.8 Å². The summed E-state index contributed by atoms with van der Waals surface area (Å²) in [5.41, 5.74) is 2.08. The van der Waals surface area contributed by atoms with Gasteiger partial charge in [0.15, 0.2) is 0 Å². The topological polar surface area (TPSA) is 66.6 Å². The van der Waals surface area contributed by atoms with E-state index in [0.717, 1.165) is 48.4 Å². The molecule has 27 heavy (non-hydrogen) atoms. The number of fused-ring (bicyclic) bond motifs is 1. The van der Waals surface area contributed by atoms with Crippen molar-refractivity contribution in [2.45, 2.75) is 51.6 Å². The van der Waals surface area contributed by atoms with Crippen molar-refractivity contribution in [3.63, 3.8) is 0 Å². The first-order valence-electron chi connectivity index (χ1n) is 9.96. The molecule has 0 unspecified atom stereocenters. The average Bonchev–Trinajstić information content (AvgIpc) is 3.25. The molecule has 4 rings (SSSR count). The minimum Gasteiger partial charge on any atom is -0.385 e. The van der Waals surface area contributed by atoms with E-state index in [2.05, 4.69) is 5.16 Å². The molecule has 1 saturated carbocycles. The zero-order valence-corrected chi connectivity index (χ0v) is 16.1. The van der Waals surface area contributed by atoms with Gasteiger partial charge in [-0.25, -0.2) is 0 Å². The minimum absolute atomic E-state index is 0.122. The second-order valence-electron chi connectivity index (χ2n) is 8.15. The van der Waals surface area contributed by atoms with Crippen LogP contribution in [0.3, 0.4) is 0 Å². The van der Waals surface area contributed by atoms with Crippen LogP contribution in [0, 0.1) is 25.7 Å². The first-order chi connectivity index (χ1) is 13.0. The number of hydrogen-bond donors (Lipinski definition) is 1. The SMILES string of the molecule is Cc1noc(C)c1CCC(=O)N1C[C@H]2CCC[C@](O)(c3ccccc3)[C@H]2C1. The van der Waals surface area contributed by atoms with Crippen LogP contribution in [0.1, 0.15) is 48.3 Å². The summed E-state index contributed by atoms with van der Waals surface area (Å²) in [5, 5.41) is 15.5. The predicted octanol–water partition coefficient (Wildman–Crippen LogP) is 3.37. The Morgan fingerprint density at radius 3 is 2.78 bits per heavy atom. The molecule has 144 valence electrons. The number of aryl methyl sites for hydroxylation is 2. The maximum atomic E-state index is 12.8. The van der Waals surface area contributed by atoms with E-state index < -0.39 is 5.60 Å². The largest absolute Gasteiger partial charge is 0.385 e. The number of likely N-dealkylation sites (tertiary alicyclic amines) is 1. The molecular formula is C22H28N2O3. The Kier molecular flexibility index (Phi) is 4.81. The van der Waals surface area contributed by atoms with E-state index in [1.165, 1.54) is 0 Å². The van der Waals surface area contributed by atoms with E-state index in [1.54, 1.807) is 0 Å². The lowest BCUT2D eigenvalue weighted by atomic mass is 9.67. The van der Waals surface area contributed by atoms with E-state index in [0.29, 0.717) is 25.3 Å². The average molecular weight is 368 g/mol. The molecule has 1 aromatic heterocycles. The molecule has 1 saturated heterocycles. The van der Waals surface area contributed by atoms with Crippen molar-refractivity contribution in [2.24, 2.45) is 11.8 Å². The van der Waals surface area contributed by atoms with Gasteiger partial charge in [-0.1, -0.05) is 35.5 Å². The van der Waals surface area contributed by atoms with Gasteiger partial charge in [-0.2, -0.15) is 0 Å². The lowest BCUT2D eigenvalue weighted by molar-refractivity contribution is -0.130. The van der Waals surface area contributed by atoms with Gasteiger partial charge in [0.25, 0.3) is 0 Å². The zero-order valence-electron chi connectivity index (χ0n) is 16.1. The minimum atomic E-state index is -0.819. The van der Waals surface area contributed by atoms with E-state index in [9.17, 15) is 9.90 Å². The fraction of sp³-hybridized carbons (Fsp3) is 0.545. The molecule has 1 aromatic carbocycles. The number of hydrogen-bond acceptors (Lipinski definition) is 4. The molecule has 2 heterocycles. The first kappa shape index (κ1) is 18.2. The van der Waals surface area contributed by atoms with Crippen LogP contribution < -0.4 is 0 Å². The summed E-state index contributed by atoms with van der Waals surface area (Å²) in [6.07, 6.45) is 4.00. The Morgan fingerprint density at radius 1 is 1.30 bits per heavy atom. The Hall–Kier alpha value is -2.14. The smallest absolute Gasteiger partial charge is 0.222 e. The van der Waals surface area contributed by atoms with Crippen LogP contribution in [0.5, 0.6) is 0 Å². The molecule has 0 radical (unpaired) electrons. The van der Waals surface area contributed by atoms with Crippen LogP contribution in [0.2, 0.25) is 0 Å². The van der Waals surface area contributed by atoms with Gasteiger partial charge in [0, 0.05) is 31.0 Å². The highest BCUT2D eigenvalue weighted by atomic mass is 16.5. The normalized spacial score (nSPS) is 27.6. The van der Waals surface area contributed by atoms with Gasteiger partial charge in [0.2, 0.25) is 5.91 Å². The van der Waals surface area contributed by atoms with Crippen LogP contribution in [0.4, 0.5) is 0 Å². The Morgan fingerprint density at radius 2 is 2.07 bits per heavy atom. The highest BCUT2D eigenvalue weighted by Crippen LogP contribution is 2.48. The predicted molar refractivity (Wildman–Crippen MR) is 102 cm³/mol. The lowest BCUT2D eigenvalue weighted by Crippen LogP contribution is -2.42. The van der Waals surface area contributed by atoms with Crippen LogP contribution in [0.25, 0.3) is 0 Å². The molecular weight excluding hydrogens is 340 g/mol. The number of aliphatic hydroxyl groups is 1. The molecule has 2 aromatic rings. The number of amides is 1. The summed E-state index contributed by atoms with van der Waals surface area (Å²) in [6.45, 7) is 5.22. The number of benzene rings is 1. The lowest BCUT2D eigenvalue weighted by Gasteiger charge is -2.41. The van der Waals surface area contributed by atoms with Crippen LogP contribution in [0.15, 0.2) is 34.9 Å². The number of carbonyl (C=O) groups is 1. The number of aromatic nitrogens is 1. The van der Waals surface area contributed by atoms with Gasteiger partial charge in [-0.3, -0.25) is 4.79 Å². The second-order valence-corrected chi connectivity index (χ2v) is 8.15. The molecule has 1 N–H and O–H groups in total. The molecule has 2 aliphatic rings. The van der Waals surface area contributed by atoms with Crippen molar-refractivity contribution >= 4 is 5.91 Å². The van der Waals surface area contributed by atoms with Gasteiger partial charge < -0.3 is 14.5 Å². The summed E-state index contributed by atoms with van der Waals surface area (Å²) < 4.78 is 5.20. The Balaban J connectivity index is 1.46. The third-order valence-corrected chi connectivity index (χ3v) is 6.58. The fourth-order valence-corrected chi connectivity index (χ4v) is 5.06. The zero-order chi connectivity index (χ0) is 19.0. The van der Waals surface area contributed by atoms with Crippen molar-refractivity contribution in [2.75, 3.05) is 13.1 Å².